The molecule has 1 rings (SSSR count). The van der Waals surface area contributed by atoms with Gasteiger partial charge in [0.2, 0.25) is 0 Å². The Labute approximate surface area is 115 Å². The Morgan fingerprint density at radius 3 is 2.53 bits per heavy atom. The van der Waals surface area contributed by atoms with Crippen LogP contribution in [0.4, 0.5) is 0 Å². The van der Waals surface area contributed by atoms with Gasteiger partial charge in [-0.3, -0.25) is 4.79 Å². The summed E-state index contributed by atoms with van der Waals surface area (Å²) in [5.74, 6) is 0.758. The molecular weight excluding hydrogens is 242 g/mol. The van der Waals surface area contributed by atoms with E-state index in [0.29, 0.717) is 13.0 Å². The highest BCUT2D eigenvalue weighted by Crippen LogP contribution is 2.12. The molecule has 0 aliphatic heterocycles. The summed E-state index contributed by atoms with van der Waals surface area (Å²) >= 11 is 0. The van der Waals surface area contributed by atoms with E-state index in [1.54, 1.807) is 7.11 Å². The molecule has 4 nitrogen and oxygen atoms in total. The van der Waals surface area contributed by atoms with Crippen LogP contribution in [0, 0.1) is 0 Å². The van der Waals surface area contributed by atoms with Gasteiger partial charge in [0.05, 0.1) is 13.7 Å². The first-order valence-electron chi connectivity index (χ1n) is 6.62. The van der Waals surface area contributed by atoms with Crippen LogP contribution >= 0.6 is 0 Å². The predicted molar refractivity (Wildman–Crippen MR) is 75.2 cm³/mol. The Balaban J connectivity index is 2.26. The third-order valence-corrected chi connectivity index (χ3v) is 2.84. The lowest BCUT2D eigenvalue weighted by Crippen LogP contribution is -2.20. The molecule has 0 aliphatic carbocycles. The molecule has 0 amide bonds. The third kappa shape index (κ3) is 6.25. The first kappa shape index (κ1) is 15.5. The van der Waals surface area contributed by atoms with Crippen molar-refractivity contribution in [3.8, 4) is 5.75 Å². The van der Waals surface area contributed by atoms with Crippen molar-refractivity contribution in [2.45, 2.75) is 26.3 Å². The van der Waals surface area contributed by atoms with E-state index in [0.717, 1.165) is 25.3 Å². The van der Waals surface area contributed by atoms with Crippen LogP contribution in [-0.4, -0.2) is 38.2 Å². The van der Waals surface area contributed by atoms with Crippen molar-refractivity contribution in [1.82, 2.24) is 4.90 Å². The van der Waals surface area contributed by atoms with Gasteiger partial charge in [-0.15, -0.1) is 0 Å². The van der Waals surface area contributed by atoms with E-state index >= 15 is 0 Å². The van der Waals surface area contributed by atoms with Crippen LogP contribution in [0.3, 0.4) is 0 Å². The maximum Gasteiger partial charge on any atom is 0.305 e. The fourth-order valence-corrected chi connectivity index (χ4v) is 1.85. The number of carbonyl (C=O) groups is 1. The Morgan fingerprint density at radius 1 is 1.26 bits per heavy atom. The third-order valence-electron chi connectivity index (χ3n) is 2.84. The van der Waals surface area contributed by atoms with Crippen molar-refractivity contribution in [2.24, 2.45) is 0 Å². The van der Waals surface area contributed by atoms with Gasteiger partial charge in [0.25, 0.3) is 0 Å². The summed E-state index contributed by atoms with van der Waals surface area (Å²) in [6.07, 6.45) is 1.31. The lowest BCUT2D eigenvalue weighted by Gasteiger charge is -2.16. The quantitative estimate of drug-likeness (QED) is 0.677. The van der Waals surface area contributed by atoms with E-state index in [-0.39, 0.29) is 5.97 Å². The minimum Gasteiger partial charge on any atom is -0.497 e. The summed E-state index contributed by atoms with van der Waals surface area (Å²) in [5, 5.41) is 0. The van der Waals surface area contributed by atoms with E-state index in [4.69, 9.17) is 9.47 Å². The highest BCUT2D eigenvalue weighted by Gasteiger charge is 2.04. The van der Waals surface area contributed by atoms with Gasteiger partial charge < -0.3 is 14.4 Å². The molecular formula is C15H23NO3. The Morgan fingerprint density at radius 2 is 1.95 bits per heavy atom. The molecule has 0 spiro atoms. The molecule has 1 aromatic carbocycles. The number of benzene rings is 1. The van der Waals surface area contributed by atoms with Gasteiger partial charge in [0.15, 0.2) is 0 Å². The van der Waals surface area contributed by atoms with E-state index in [9.17, 15) is 4.79 Å². The second kappa shape index (κ2) is 8.53. The van der Waals surface area contributed by atoms with Crippen molar-refractivity contribution in [2.75, 3.05) is 27.3 Å². The molecule has 0 atom stereocenters. The highest BCUT2D eigenvalue weighted by atomic mass is 16.5. The topological polar surface area (TPSA) is 38.8 Å². The second-order valence-electron chi connectivity index (χ2n) is 4.49. The van der Waals surface area contributed by atoms with Crippen LogP contribution in [0.15, 0.2) is 24.3 Å². The number of ether oxygens (including phenoxy) is 2. The molecule has 0 saturated carbocycles. The zero-order chi connectivity index (χ0) is 14.1. The van der Waals surface area contributed by atoms with Crippen molar-refractivity contribution in [1.29, 1.82) is 0 Å². The fraction of sp³-hybridized carbons (Fsp3) is 0.533. The Kier molecular flexibility index (Phi) is 6.97. The molecule has 106 valence electrons. The fourth-order valence-electron chi connectivity index (χ4n) is 1.85. The van der Waals surface area contributed by atoms with Crippen LogP contribution in [0.1, 0.15) is 25.3 Å². The van der Waals surface area contributed by atoms with E-state index in [1.165, 1.54) is 5.56 Å². The van der Waals surface area contributed by atoms with Gasteiger partial charge in [0.1, 0.15) is 5.75 Å². The van der Waals surface area contributed by atoms with Gasteiger partial charge in [-0.2, -0.15) is 0 Å². The summed E-state index contributed by atoms with van der Waals surface area (Å²) < 4.78 is 10.0. The monoisotopic (exact) mass is 265 g/mol. The number of esters is 1. The molecule has 0 fully saturated rings. The standard InChI is InChI=1S/C15H23NO3/c1-4-19-15(17)6-5-11-16(2)12-13-7-9-14(18-3)10-8-13/h7-10H,4-6,11-12H2,1-3H3. The lowest BCUT2D eigenvalue weighted by molar-refractivity contribution is -0.143. The molecule has 0 heterocycles. The molecule has 0 N–H and O–H groups in total. The summed E-state index contributed by atoms with van der Waals surface area (Å²) in [6, 6.07) is 8.03. The van der Waals surface area contributed by atoms with Gasteiger partial charge in [-0.05, 0) is 44.6 Å². The van der Waals surface area contributed by atoms with Crippen molar-refractivity contribution >= 4 is 5.97 Å². The van der Waals surface area contributed by atoms with Gasteiger partial charge in [0, 0.05) is 13.0 Å². The average Bonchev–Trinajstić information content (AvgIpc) is 2.40. The molecule has 0 radical (unpaired) electrons. The SMILES string of the molecule is CCOC(=O)CCCN(C)Cc1ccc(OC)cc1. The van der Waals surface area contributed by atoms with Crippen LogP contribution < -0.4 is 4.74 Å². The van der Waals surface area contributed by atoms with E-state index in [2.05, 4.69) is 24.1 Å². The number of methoxy groups -OCH3 is 1. The zero-order valence-electron chi connectivity index (χ0n) is 12.0. The highest BCUT2D eigenvalue weighted by molar-refractivity contribution is 5.69. The summed E-state index contributed by atoms with van der Waals surface area (Å²) in [5.41, 5.74) is 1.24. The average molecular weight is 265 g/mol. The van der Waals surface area contributed by atoms with Crippen LogP contribution in [0.2, 0.25) is 0 Å². The molecule has 0 unspecified atom stereocenters. The van der Waals surface area contributed by atoms with E-state index < -0.39 is 0 Å². The van der Waals surface area contributed by atoms with Crippen molar-refractivity contribution in [3.05, 3.63) is 29.8 Å². The summed E-state index contributed by atoms with van der Waals surface area (Å²) in [4.78, 5) is 13.4. The number of nitrogens with zero attached hydrogens (tertiary/aromatic N) is 1. The number of rotatable bonds is 8. The molecule has 0 saturated heterocycles. The van der Waals surface area contributed by atoms with Crippen molar-refractivity contribution in [3.63, 3.8) is 0 Å². The number of carbonyl (C=O) groups excluding carboxylic acids is 1. The number of hydrogen-bond acceptors (Lipinski definition) is 4. The Bertz CT molecular complexity index is 375. The van der Waals surface area contributed by atoms with E-state index in [1.807, 2.05) is 19.1 Å². The number of hydrogen-bond donors (Lipinski definition) is 0. The normalized spacial score (nSPS) is 10.5. The minimum atomic E-state index is -0.111. The smallest absolute Gasteiger partial charge is 0.305 e. The lowest BCUT2D eigenvalue weighted by atomic mass is 10.2. The molecule has 4 heteroatoms. The first-order chi connectivity index (χ1) is 9.15. The molecule has 0 aromatic heterocycles. The summed E-state index contributed by atoms with van der Waals surface area (Å²) in [6.45, 7) is 4.03. The Hall–Kier alpha value is -1.55. The second-order valence-corrected chi connectivity index (χ2v) is 4.49. The molecule has 1 aromatic rings. The first-order valence-corrected chi connectivity index (χ1v) is 6.62. The van der Waals surface area contributed by atoms with Crippen LogP contribution in [-0.2, 0) is 16.1 Å². The summed E-state index contributed by atoms with van der Waals surface area (Å²) in [7, 11) is 3.71. The van der Waals surface area contributed by atoms with Gasteiger partial charge in [-0.1, -0.05) is 12.1 Å². The van der Waals surface area contributed by atoms with Crippen LogP contribution in [0.25, 0.3) is 0 Å². The zero-order valence-corrected chi connectivity index (χ0v) is 12.0. The van der Waals surface area contributed by atoms with Gasteiger partial charge in [-0.25, -0.2) is 0 Å². The van der Waals surface area contributed by atoms with Crippen molar-refractivity contribution < 1.29 is 14.3 Å². The molecule has 19 heavy (non-hydrogen) atoms. The maximum absolute atomic E-state index is 11.2. The molecule has 0 aliphatic rings. The minimum absolute atomic E-state index is 0.111. The van der Waals surface area contributed by atoms with Crippen LogP contribution in [0.5, 0.6) is 5.75 Å². The predicted octanol–water partition coefficient (Wildman–Crippen LogP) is 2.47. The maximum atomic E-state index is 11.2. The largest absolute Gasteiger partial charge is 0.497 e. The molecule has 0 bridgehead atoms. The van der Waals surface area contributed by atoms with Gasteiger partial charge >= 0.3 is 5.97 Å².